The predicted octanol–water partition coefficient (Wildman–Crippen LogP) is -0.267. The summed E-state index contributed by atoms with van der Waals surface area (Å²) >= 11 is 0. The zero-order valence-electron chi connectivity index (χ0n) is 8.44. The molecule has 82 valence electrons. The summed E-state index contributed by atoms with van der Waals surface area (Å²) in [5, 5.41) is 10.5. The molecule has 0 heterocycles. The van der Waals surface area contributed by atoms with Gasteiger partial charge in [-0.2, -0.15) is 0 Å². The zero-order chi connectivity index (χ0) is 11.3. The molecule has 6 heteroatoms. The van der Waals surface area contributed by atoms with Crippen molar-refractivity contribution >= 4 is 22.7 Å². The van der Waals surface area contributed by atoms with Crippen LogP contribution in [0.25, 0.3) is 0 Å². The molecule has 14 heavy (non-hydrogen) atoms. The van der Waals surface area contributed by atoms with Crippen LogP contribution < -0.4 is 5.32 Å². The summed E-state index contributed by atoms with van der Waals surface area (Å²) < 4.78 is 11.1. The molecule has 0 aliphatic heterocycles. The van der Waals surface area contributed by atoms with Gasteiger partial charge in [-0.25, -0.2) is 4.79 Å². The first-order valence-corrected chi connectivity index (χ1v) is 5.86. The largest absolute Gasteiger partial charge is 0.480 e. The highest BCUT2D eigenvalue weighted by molar-refractivity contribution is 7.85. The zero-order valence-corrected chi connectivity index (χ0v) is 9.26. The Balaban J connectivity index is 4.52. The average molecular weight is 221 g/mol. The maximum atomic E-state index is 11.1. The molecule has 0 aromatic carbocycles. The molecule has 0 bridgehead atoms. The van der Waals surface area contributed by atoms with E-state index in [1.165, 1.54) is 13.2 Å². The van der Waals surface area contributed by atoms with Crippen LogP contribution in [0.3, 0.4) is 0 Å². The van der Waals surface area contributed by atoms with Gasteiger partial charge in [0.15, 0.2) is 0 Å². The minimum absolute atomic E-state index is 0.215. The van der Waals surface area contributed by atoms with Crippen LogP contribution in [0.2, 0.25) is 0 Å². The van der Waals surface area contributed by atoms with Crippen LogP contribution in [0.1, 0.15) is 20.3 Å². The van der Waals surface area contributed by atoms with Gasteiger partial charge in [0.25, 0.3) is 0 Å². The predicted molar refractivity (Wildman–Crippen MR) is 53.4 cm³/mol. The van der Waals surface area contributed by atoms with Crippen molar-refractivity contribution in [2.75, 3.05) is 6.26 Å². The van der Waals surface area contributed by atoms with E-state index in [0.29, 0.717) is 0 Å². The topological polar surface area (TPSA) is 83.5 Å². The molecule has 0 aromatic rings. The number of aliphatic carboxylic acids is 1. The Hall–Kier alpha value is -0.910. The Morgan fingerprint density at radius 3 is 2.29 bits per heavy atom. The van der Waals surface area contributed by atoms with E-state index in [-0.39, 0.29) is 12.3 Å². The van der Waals surface area contributed by atoms with Crippen LogP contribution in [0.15, 0.2) is 0 Å². The fourth-order valence-corrected chi connectivity index (χ4v) is 1.41. The van der Waals surface area contributed by atoms with Crippen molar-refractivity contribution in [1.82, 2.24) is 5.32 Å². The Bertz CT molecular complexity index is 254. The third kappa shape index (κ3) is 3.87. The molecule has 0 spiro atoms. The normalized spacial score (nSPS) is 16.8. The molecule has 0 aliphatic carbocycles. The van der Waals surface area contributed by atoms with E-state index in [1.807, 2.05) is 0 Å². The summed E-state index contributed by atoms with van der Waals surface area (Å²) in [7, 11) is -1.27. The fourth-order valence-electron chi connectivity index (χ4n) is 0.847. The van der Waals surface area contributed by atoms with Gasteiger partial charge in [-0.3, -0.25) is 9.00 Å². The third-order valence-corrected chi connectivity index (χ3v) is 3.22. The standard InChI is InChI=1S/C8H15NO4S/c1-4-6(10)9-7(8(11)12)5(2)14(3)13/h5,7H,4H2,1-3H3,(H,9,10)(H,11,12). The molecule has 3 unspecified atom stereocenters. The maximum Gasteiger partial charge on any atom is 0.327 e. The molecule has 0 saturated heterocycles. The van der Waals surface area contributed by atoms with E-state index in [0.717, 1.165) is 0 Å². The molecular formula is C8H15NO4S. The van der Waals surface area contributed by atoms with Gasteiger partial charge in [0, 0.05) is 23.5 Å². The maximum absolute atomic E-state index is 11.1. The van der Waals surface area contributed by atoms with E-state index < -0.39 is 28.1 Å². The van der Waals surface area contributed by atoms with E-state index in [1.54, 1.807) is 6.92 Å². The lowest BCUT2D eigenvalue weighted by Crippen LogP contribution is -2.48. The van der Waals surface area contributed by atoms with E-state index in [4.69, 9.17) is 5.11 Å². The van der Waals surface area contributed by atoms with Crippen LogP contribution >= 0.6 is 0 Å². The van der Waals surface area contributed by atoms with Gasteiger partial charge in [0.05, 0.1) is 5.25 Å². The average Bonchev–Trinajstić information content (AvgIpc) is 2.11. The number of carboxylic acids is 1. The van der Waals surface area contributed by atoms with Gasteiger partial charge in [-0.1, -0.05) is 6.92 Å². The monoisotopic (exact) mass is 221 g/mol. The van der Waals surface area contributed by atoms with Crippen molar-refractivity contribution in [1.29, 1.82) is 0 Å². The second-order valence-corrected chi connectivity index (χ2v) is 4.68. The van der Waals surface area contributed by atoms with Gasteiger partial charge < -0.3 is 10.4 Å². The second-order valence-electron chi connectivity index (χ2n) is 2.94. The van der Waals surface area contributed by atoms with E-state index in [9.17, 15) is 13.8 Å². The van der Waals surface area contributed by atoms with Crippen molar-refractivity contribution in [3.05, 3.63) is 0 Å². The fraction of sp³-hybridized carbons (Fsp3) is 0.750. The first-order chi connectivity index (χ1) is 6.40. The van der Waals surface area contributed by atoms with Crippen molar-refractivity contribution < 1.29 is 18.9 Å². The number of hydrogen-bond acceptors (Lipinski definition) is 3. The Morgan fingerprint density at radius 2 is 2.00 bits per heavy atom. The minimum atomic E-state index is -1.27. The summed E-state index contributed by atoms with van der Waals surface area (Å²) in [6, 6.07) is -1.08. The van der Waals surface area contributed by atoms with Gasteiger partial charge in [-0.05, 0) is 6.92 Å². The molecule has 2 N–H and O–H groups in total. The van der Waals surface area contributed by atoms with Crippen molar-refractivity contribution in [3.8, 4) is 0 Å². The van der Waals surface area contributed by atoms with Gasteiger partial charge in [0.2, 0.25) is 5.91 Å². The highest BCUT2D eigenvalue weighted by atomic mass is 32.2. The summed E-state index contributed by atoms with van der Waals surface area (Å²) in [5.41, 5.74) is 0. The van der Waals surface area contributed by atoms with Crippen LogP contribution in [0.4, 0.5) is 0 Å². The molecule has 3 atom stereocenters. The lowest BCUT2D eigenvalue weighted by Gasteiger charge is -2.18. The second kappa shape index (κ2) is 5.74. The SMILES string of the molecule is CCC(=O)NC(C(=O)O)C(C)S(C)=O. The van der Waals surface area contributed by atoms with Crippen molar-refractivity contribution in [2.24, 2.45) is 0 Å². The highest BCUT2D eigenvalue weighted by Gasteiger charge is 2.28. The van der Waals surface area contributed by atoms with E-state index >= 15 is 0 Å². The van der Waals surface area contributed by atoms with Crippen LogP contribution in [-0.4, -0.2) is 38.7 Å². The Kier molecular flexibility index (Phi) is 5.37. The number of carbonyl (C=O) groups excluding carboxylic acids is 1. The van der Waals surface area contributed by atoms with Crippen LogP contribution in [0, 0.1) is 0 Å². The smallest absolute Gasteiger partial charge is 0.327 e. The molecule has 0 aromatic heterocycles. The number of hydrogen-bond donors (Lipinski definition) is 2. The van der Waals surface area contributed by atoms with Crippen molar-refractivity contribution in [3.63, 3.8) is 0 Å². The molecule has 0 aliphatic rings. The lowest BCUT2D eigenvalue weighted by molar-refractivity contribution is -0.141. The first-order valence-electron chi connectivity index (χ1n) is 4.24. The van der Waals surface area contributed by atoms with Crippen LogP contribution in [-0.2, 0) is 20.4 Å². The number of rotatable bonds is 5. The number of carbonyl (C=O) groups is 2. The number of amides is 1. The van der Waals surface area contributed by atoms with Gasteiger partial charge in [-0.15, -0.1) is 0 Å². The molecule has 0 fully saturated rings. The number of carboxylic acid groups (broad SMARTS) is 1. The van der Waals surface area contributed by atoms with Gasteiger partial charge in [0.1, 0.15) is 6.04 Å². The quantitative estimate of drug-likeness (QED) is 0.669. The van der Waals surface area contributed by atoms with E-state index in [2.05, 4.69) is 5.32 Å². The Labute approximate surface area is 85.3 Å². The van der Waals surface area contributed by atoms with Crippen molar-refractivity contribution in [2.45, 2.75) is 31.6 Å². The molecule has 0 rings (SSSR count). The molecular weight excluding hydrogens is 206 g/mol. The minimum Gasteiger partial charge on any atom is -0.480 e. The third-order valence-electron chi connectivity index (χ3n) is 1.90. The molecule has 0 radical (unpaired) electrons. The molecule has 1 amide bonds. The first kappa shape index (κ1) is 13.1. The number of nitrogens with one attached hydrogen (secondary N) is 1. The summed E-state index contributed by atoms with van der Waals surface area (Å²) in [4.78, 5) is 21.7. The highest BCUT2D eigenvalue weighted by Crippen LogP contribution is 2.01. The lowest BCUT2D eigenvalue weighted by atomic mass is 10.2. The molecule has 5 nitrogen and oxygen atoms in total. The van der Waals surface area contributed by atoms with Gasteiger partial charge >= 0.3 is 5.97 Å². The summed E-state index contributed by atoms with van der Waals surface area (Å²) in [6.45, 7) is 3.16. The Morgan fingerprint density at radius 1 is 1.50 bits per heavy atom. The summed E-state index contributed by atoms with van der Waals surface area (Å²) in [6.07, 6.45) is 1.63. The molecule has 0 saturated carbocycles. The van der Waals surface area contributed by atoms with Crippen LogP contribution in [0.5, 0.6) is 0 Å². The summed E-state index contributed by atoms with van der Waals surface area (Å²) in [5.74, 6) is -1.51.